The Labute approximate surface area is 84.0 Å². The predicted molar refractivity (Wildman–Crippen MR) is 50.8 cm³/mol. The molecule has 0 radical (unpaired) electrons. The first-order valence-electron chi connectivity index (χ1n) is 3.43. The van der Waals surface area contributed by atoms with Gasteiger partial charge in [0.15, 0.2) is 0 Å². The van der Waals surface area contributed by atoms with Crippen molar-refractivity contribution in [2.24, 2.45) is 0 Å². The second-order valence-electron chi connectivity index (χ2n) is 2.10. The molecule has 0 N–H and O–H groups in total. The molecule has 0 fully saturated rings. The van der Waals surface area contributed by atoms with Crippen molar-refractivity contribution in [1.29, 1.82) is 0 Å². The van der Waals surface area contributed by atoms with Crippen molar-refractivity contribution in [1.82, 2.24) is 0 Å². The molecule has 0 aromatic heterocycles. The Morgan fingerprint density at radius 2 is 0.900 bits per heavy atom. The third-order valence-electron chi connectivity index (χ3n) is 1.33. The summed E-state index contributed by atoms with van der Waals surface area (Å²) in [7, 11) is 0. The van der Waals surface area contributed by atoms with Crippen LogP contribution in [0.5, 0.6) is 0 Å². The van der Waals surface area contributed by atoms with E-state index in [-0.39, 0.29) is 0 Å². The minimum atomic E-state index is 1.23. The molecule has 2 heteroatoms. The van der Waals surface area contributed by atoms with Gasteiger partial charge in [0.1, 0.15) is 0 Å². The molecule has 0 aromatic carbocycles. The molecule has 0 amide bonds. The summed E-state index contributed by atoms with van der Waals surface area (Å²) >= 11 is 4.56. The first-order valence-corrected chi connectivity index (χ1v) is 8.30. The molecule has 0 saturated carbocycles. The molecule has 60 valence electrons. The Morgan fingerprint density at radius 3 is 1.10 bits per heavy atom. The molecule has 1 aliphatic carbocycles. The van der Waals surface area contributed by atoms with Crippen molar-refractivity contribution >= 4 is 19.8 Å². The zero-order valence-electron chi connectivity index (χ0n) is 5.85. The van der Waals surface area contributed by atoms with Gasteiger partial charge in [-0.1, -0.05) is 24.3 Å². The van der Waals surface area contributed by atoms with E-state index in [4.69, 9.17) is 0 Å². The normalized spacial score (nSPS) is 23.1. The second-order valence-corrected chi connectivity index (χ2v) is 2.10. The Kier molecular flexibility index (Phi) is 10.7. The molecule has 0 aliphatic heterocycles. The molecule has 10 heavy (non-hydrogen) atoms. The first-order chi connectivity index (χ1) is 5.00. The summed E-state index contributed by atoms with van der Waals surface area (Å²) in [5.74, 6) is 0. The van der Waals surface area contributed by atoms with Gasteiger partial charge in [0.2, 0.25) is 0 Å². The van der Waals surface area contributed by atoms with Gasteiger partial charge in [-0.2, -0.15) is 0 Å². The maximum absolute atomic E-state index is 2.52. The fraction of sp³-hybridized carbons (Fsp3) is 0.500. The van der Waals surface area contributed by atoms with Crippen LogP contribution in [0.15, 0.2) is 24.3 Å². The van der Waals surface area contributed by atoms with Crippen LogP contribution in [0, 0.1) is 0 Å². The standard InChI is InChI=1S/C8H12.HI.Rh/c1-2-4-6-8-7-5-3-1;;/h1-2,7-8H,3-6H2;1H;/q;;+1/p-1/b2-1-,8-7-;;. The number of hydrogen-bond donors (Lipinski definition) is 0. The summed E-state index contributed by atoms with van der Waals surface area (Å²) in [5, 5.41) is 0. The summed E-state index contributed by atoms with van der Waals surface area (Å²) in [6, 6.07) is 0. The van der Waals surface area contributed by atoms with Crippen molar-refractivity contribution in [2.45, 2.75) is 25.7 Å². The van der Waals surface area contributed by atoms with E-state index in [0.717, 1.165) is 0 Å². The molecule has 1 aliphatic rings. The second kappa shape index (κ2) is 9.83. The first kappa shape index (κ1) is 10.8. The summed E-state index contributed by atoms with van der Waals surface area (Å²) in [6.07, 6.45) is 14.0. The fourth-order valence-corrected chi connectivity index (χ4v) is 0.856. The van der Waals surface area contributed by atoms with Crippen molar-refractivity contribution in [3.8, 4) is 0 Å². The molecular formula is C8H12IRh. The zero-order chi connectivity index (χ0) is 7.66. The topological polar surface area (TPSA) is 0 Å². The monoisotopic (exact) mass is 338 g/mol. The van der Waals surface area contributed by atoms with Crippen LogP contribution >= 0.6 is 19.8 Å². The predicted octanol–water partition coefficient (Wildman–Crippen LogP) is 3.56. The van der Waals surface area contributed by atoms with Crippen LogP contribution in [-0.2, 0) is 14.8 Å². The minimum absolute atomic E-state index is 1.23. The molecule has 0 unspecified atom stereocenters. The summed E-state index contributed by atoms with van der Waals surface area (Å²) in [5.41, 5.74) is 0. The van der Waals surface area contributed by atoms with Gasteiger partial charge in [0.05, 0.1) is 0 Å². The zero-order valence-corrected chi connectivity index (χ0v) is 9.65. The third kappa shape index (κ3) is 6.95. The van der Waals surface area contributed by atoms with Gasteiger partial charge in [-0.05, 0) is 25.7 Å². The van der Waals surface area contributed by atoms with Crippen LogP contribution in [0.3, 0.4) is 0 Å². The quantitative estimate of drug-likeness (QED) is 0.360. The Bertz CT molecular complexity index is 81.8. The van der Waals surface area contributed by atoms with Gasteiger partial charge in [-0.3, -0.25) is 0 Å². The molecule has 0 aromatic rings. The van der Waals surface area contributed by atoms with Gasteiger partial charge in [0, 0.05) is 0 Å². The van der Waals surface area contributed by atoms with Crippen LogP contribution in [0.4, 0.5) is 0 Å². The van der Waals surface area contributed by atoms with E-state index in [0.29, 0.717) is 0 Å². The number of rotatable bonds is 0. The van der Waals surface area contributed by atoms with Crippen LogP contribution in [0.1, 0.15) is 25.7 Å². The van der Waals surface area contributed by atoms with E-state index >= 15 is 0 Å². The van der Waals surface area contributed by atoms with Gasteiger partial charge < -0.3 is 0 Å². The van der Waals surface area contributed by atoms with Gasteiger partial charge >= 0.3 is 34.5 Å². The summed E-state index contributed by atoms with van der Waals surface area (Å²) in [4.78, 5) is 0. The third-order valence-corrected chi connectivity index (χ3v) is 1.33. The fourth-order valence-electron chi connectivity index (χ4n) is 0.856. The van der Waals surface area contributed by atoms with Crippen molar-refractivity contribution < 1.29 is 14.8 Å². The molecule has 0 nitrogen and oxygen atoms in total. The molecule has 0 heterocycles. The Hall–Kier alpha value is 0.833. The number of halogens is 1. The summed E-state index contributed by atoms with van der Waals surface area (Å²) < 4.78 is 0. The van der Waals surface area contributed by atoms with Crippen LogP contribution in [0.25, 0.3) is 0 Å². The summed E-state index contributed by atoms with van der Waals surface area (Å²) in [6.45, 7) is 0. The van der Waals surface area contributed by atoms with Gasteiger partial charge in [-0.15, -0.1) is 0 Å². The van der Waals surface area contributed by atoms with Gasteiger partial charge in [-0.25, -0.2) is 0 Å². The maximum atomic E-state index is 2.52. The van der Waals surface area contributed by atoms with Crippen LogP contribution in [-0.4, -0.2) is 0 Å². The Morgan fingerprint density at radius 1 is 0.700 bits per heavy atom. The van der Waals surface area contributed by atoms with E-state index in [1.807, 2.05) is 19.8 Å². The van der Waals surface area contributed by atoms with Crippen LogP contribution < -0.4 is 0 Å². The molecule has 0 atom stereocenters. The molecule has 1 rings (SSSR count). The van der Waals surface area contributed by atoms with Crippen molar-refractivity contribution in [3.05, 3.63) is 24.3 Å². The van der Waals surface area contributed by atoms with E-state index in [1.54, 1.807) is 0 Å². The number of hydrogen-bond acceptors (Lipinski definition) is 0. The molecular weight excluding hydrogens is 326 g/mol. The SMILES string of the molecule is C1=C\CC/C=C\CC/1.[Rh][I]. The molecule has 0 saturated heterocycles. The van der Waals surface area contributed by atoms with Crippen molar-refractivity contribution in [2.75, 3.05) is 0 Å². The van der Waals surface area contributed by atoms with E-state index < -0.39 is 0 Å². The molecule has 0 spiro atoms. The average Bonchev–Trinajstić information content (AvgIpc) is 1.90. The molecule has 0 bridgehead atoms. The van der Waals surface area contributed by atoms with E-state index in [1.165, 1.54) is 25.7 Å². The van der Waals surface area contributed by atoms with E-state index in [2.05, 4.69) is 39.1 Å². The number of allylic oxidation sites excluding steroid dienone is 4. The van der Waals surface area contributed by atoms with Crippen molar-refractivity contribution in [3.63, 3.8) is 0 Å². The van der Waals surface area contributed by atoms with E-state index in [9.17, 15) is 0 Å². The Balaban J connectivity index is 0.000000371. The van der Waals surface area contributed by atoms with Gasteiger partial charge in [0.25, 0.3) is 0 Å². The average molecular weight is 338 g/mol. The van der Waals surface area contributed by atoms with Crippen LogP contribution in [0.2, 0.25) is 0 Å².